The first-order valence-corrected chi connectivity index (χ1v) is 5.67. The molecule has 92 valence electrons. The molecule has 4 N–H and O–H groups in total. The Morgan fingerprint density at radius 2 is 2.29 bits per heavy atom. The van der Waals surface area contributed by atoms with Gasteiger partial charge in [0.2, 0.25) is 0 Å². The van der Waals surface area contributed by atoms with Crippen LogP contribution in [0.4, 0.5) is 5.82 Å². The number of nitrogen functional groups attached to an aromatic ring is 1. The van der Waals surface area contributed by atoms with Crippen LogP contribution < -0.4 is 10.6 Å². The molecule has 6 heteroatoms. The fourth-order valence-corrected chi connectivity index (χ4v) is 1.88. The molecule has 1 aliphatic rings. The Hall–Kier alpha value is -1.69. The molecular formula is C11H17N5O. The lowest BCUT2D eigenvalue weighted by Crippen LogP contribution is -2.43. The molecule has 2 unspecified atom stereocenters. The molecule has 6 nitrogen and oxygen atoms in total. The predicted octanol–water partition coefficient (Wildman–Crippen LogP) is -0.0322. The van der Waals surface area contributed by atoms with Crippen molar-refractivity contribution >= 4 is 11.7 Å². The number of piperidine rings is 1. The van der Waals surface area contributed by atoms with Crippen molar-refractivity contribution in [2.75, 3.05) is 18.0 Å². The summed E-state index contributed by atoms with van der Waals surface area (Å²) in [5.74, 6) is 0.966. The van der Waals surface area contributed by atoms with Gasteiger partial charge in [0.15, 0.2) is 0 Å². The second-order valence-electron chi connectivity index (χ2n) is 4.45. The largest absolute Gasteiger partial charge is 0.391 e. The molecule has 0 radical (unpaired) electrons. The van der Waals surface area contributed by atoms with Crippen molar-refractivity contribution in [2.45, 2.75) is 19.4 Å². The SMILES string of the molecule is CC1CCN(c2cnc(C(=N)N)cn2)CC1O. The van der Waals surface area contributed by atoms with E-state index < -0.39 is 0 Å². The molecule has 2 atom stereocenters. The van der Waals surface area contributed by atoms with E-state index in [1.54, 1.807) is 6.20 Å². The number of aliphatic hydroxyl groups is 1. The van der Waals surface area contributed by atoms with Crippen LogP contribution in [0.25, 0.3) is 0 Å². The monoisotopic (exact) mass is 235 g/mol. The average molecular weight is 235 g/mol. The molecule has 0 aromatic carbocycles. The van der Waals surface area contributed by atoms with E-state index in [4.69, 9.17) is 11.1 Å². The number of nitrogens with zero attached hydrogens (tertiary/aromatic N) is 3. The number of aromatic nitrogens is 2. The summed E-state index contributed by atoms with van der Waals surface area (Å²) in [6, 6.07) is 0. The smallest absolute Gasteiger partial charge is 0.147 e. The van der Waals surface area contributed by atoms with Gasteiger partial charge >= 0.3 is 0 Å². The molecule has 0 amide bonds. The van der Waals surface area contributed by atoms with E-state index in [1.165, 1.54) is 6.20 Å². The van der Waals surface area contributed by atoms with Crippen LogP contribution in [0.5, 0.6) is 0 Å². The van der Waals surface area contributed by atoms with Crippen molar-refractivity contribution in [1.29, 1.82) is 5.41 Å². The first-order valence-electron chi connectivity index (χ1n) is 5.67. The number of anilines is 1. The Morgan fingerprint density at radius 3 is 2.82 bits per heavy atom. The lowest BCUT2D eigenvalue weighted by atomic mass is 9.96. The van der Waals surface area contributed by atoms with Crippen LogP contribution in [-0.2, 0) is 0 Å². The number of β-amino-alcohol motifs (C(OH)–C–C–N with tert-alkyl or cyclic N) is 1. The van der Waals surface area contributed by atoms with E-state index in [-0.39, 0.29) is 11.9 Å². The summed E-state index contributed by atoms with van der Waals surface area (Å²) in [5.41, 5.74) is 5.68. The summed E-state index contributed by atoms with van der Waals surface area (Å²) in [6.45, 7) is 3.49. The van der Waals surface area contributed by atoms with Gasteiger partial charge in [0.25, 0.3) is 0 Å². The molecule has 0 saturated carbocycles. The van der Waals surface area contributed by atoms with Gasteiger partial charge in [-0.15, -0.1) is 0 Å². The summed E-state index contributed by atoms with van der Waals surface area (Å²) >= 11 is 0. The third kappa shape index (κ3) is 2.52. The minimum Gasteiger partial charge on any atom is -0.391 e. The van der Waals surface area contributed by atoms with Crippen molar-refractivity contribution in [1.82, 2.24) is 9.97 Å². The number of rotatable bonds is 2. The molecule has 1 saturated heterocycles. The van der Waals surface area contributed by atoms with Crippen molar-refractivity contribution in [3.63, 3.8) is 0 Å². The minimum atomic E-state index is -0.321. The lowest BCUT2D eigenvalue weighted by Gasteiger charge is -2.34. The van der Waals surface area contributed by atoms with E-state index >= 15 is 0 Å². The zero-order chi connectivity index (χ0) is 12.4. The Balaban J connectivity index is 2.10. The van der Waals surface area contributed by atoms with Crippen molar-refractivity contribution in [2.24, 2.45) is 11.7 Å². The topological polar surface area (TPSA) is 99.1 Å². The molecule has 2 rings (SSSR count). The van der Waals surface area contributed by atoms with Crippen LogP contribution in [0.15, 0.2) is 12.4 Å². The van der Waals surface area contributed by atoms with Gasteiger partial charge in [0, 0.05) is 13.1 Å². The lowest BCUT2D eigenvalue weighted by molar-refractivity contribution is 0.102. The molecule has 2 heterocycles. The fourth-order valence-electron chi connectivity index (χ4n) is 1.88. The maximum atomic E-state index is 9.81. The van der Waals surface area contributed by atoms with Gasteiger partial charge < -0.3 is 15.7 Å². The molecule has 1 aromatic rings. The van der Waals surface area contributed by atoms with Crippen LogP contribution in [0.3, 0.4) is 0 Å². The van der Waals surface area contributed by atoms with Gasteiger partial charge in [-0.2, -0.15) is 0 Å². The summed E-state index contributed by atoms with van der Waals surface area (Å²) in [4.78, 5) is 10.3. The van der Waals surface area contributed by atoms with Crippen LogP contribution in [-0.4, -0.2) is 40.1 Å². The van der Waals surface area contributed by atoms with Crippen LogP contribution in [0.1, 0.15) is 19.0 Å². The molecule has 17 heavy (non-hydrogen) atoms. The fraction of sp³-hybridized carbons (Fsp3) is 0.545. The quantitative estimate of drug-likeness (QED) is 0.494. The van der Waals surface area contributed by atoms with E-state index in [2.05, 4.69) is 9.97 Å². The van der Waals surface area contributed by atoms with E-state index in [1.807, 2.05) is 11.8 Å². The number of aliphatic hydroxyl groups excluding tert-OH is 1. The highest BCUT2D eigenvalue weighted by Gasteiger charge is 2.25. The Morgan fingerprint density at radius 1 is 1.53 bits per heavy atom. The number of nitrogens with one attached hydrogen (secondary N) is 1. The predicted molar refractivity (Wildman–Crippen MR) is 65.0 cm³/mol. The van der Waals surface area contributed by atoms with E-state index in [0.29, 0.717) is 18.2 Å². The van der Waals surface area contributed by atoms with E-state index in [9.17, 15) is 5.11 Å². The number of amidine groups is 1. The number of hydrogen-bond acceptors (Lipinski definition) is 5. The van der Waals surface area contributed by atoms with Crippen molar-refractivity contribution in [3.8, 4) is 0 Å². The van der Waals surface area contributed by atoms with Gasteiger partial charge in [0.05, 0.1) is 18.5 Å². The number of hydrogen-bond donors (Lipinski definition) is 3. The van der Waals surface area contributed by atoms with Gasteiger partial charge in [-0.25, -0.2) is 9.97 Å². The first-order chi connectivity index (χ1) is 8.08. The van der Waals surface area contributed by atoms with Gasteiger partial charge in [0.1, 0.15) is 17.3 Å². The molecule has 0 aliphatic carbocycles. The summed E-state index contributed by atoms with van der Waals surface area (Å²) in [6.07, 6.45) is 3.71. The molecule has 0 spiro atoms. The maximum Gasteiger partial charge on any atom is 0.147 e. The molecular weight excluding hydrogens is 218 g/mol. The highest BCUT2D eigenvalue weighted by atomic mass is 16.3. The van der Waals surface area contributed by atoms with Gasteiger partial charge in [-0.05, 0) is 12.3 Å². The zero-order valence-corrected chi connectivity index (χ0v) is 9.80. The van der Waals surface area contributed by atoms with Crippen LogP contribution in [0.2, 0.25) is 0 Å². The number of nitrogens with two attached hydrogens (primary N) is 1. The van der Waals surface area contributed by atoms with Crippen molar-refractivity contribution < 1.29 is 5.11 Å². The van der Waals surface area contributed by atoms with E-state index in [0.717, 1.165) is 18.8 Å². The minimum absolute atomic E-state index is 0.0867. The third-order valence-electron chi connectivity index (χ3n) is 3.16. The van der Waals surface area contributed by atoms with Crippen LogP contribution in [0, 0.1) is 11.3 Å². The van der Waals surface area contributed by atoms with Gasteiger partial charge in [-0.3, -0.25) is 5.41 Å². The highest BCUT2D eigenvalue weighted by Crippen LogP contribution is 2.21. The standard InChI is InChI=1S/C11H17N5O/c1-7-2-3-16(6-9(7)17)10-5-14-8(4-15-10)11(12)13/h4-5,7,9,17H,2-3,6H2,1H3,(H3,12,13). The molecule has 1 aliphatic heterocycles. The third-order valence-corrected chi connectivity index (χ3v) is 3.16. The van der Waals surface area contributed by atoms with Crippen molar-refractivity contribution in [3.05, 3.63) is 18.1 Å². The zero-order valence-electron chi connectivity index (χ0n) is 9.80. The molecule has 1 aromatic heterocycles. The maximum absolute atomic E-state index is 9.81. The first kappa shape index (κ1) is 11.8. The normalized spacial score (nSPS) is 24.7. The summed E-state index contributed by atoms with van der Waals surface area (Å²) in [7, 11) is 0. The Labute approximate surface area is 100.0 Å². The molecule has 0 bridgehead atoms. The summed E-state index contributed by atoms with van der Waals surface area (Å²) in [5, 5.41) is 17.0. The Kier molecular flexibility index (Phi) is 3.23. The molecule has 1 fully saturated rings. The Bertz CT molecular complexity index is 405. The second-order valence-corrected chi connectivity index (χ2v) is 4.45. The second kappa shape index (κ2) is 4.67. The van der Waals surface area contributed by atoms with Crippen LogP contribution >= 0.6 is 0 Å². The average Bonchev–Trinajstić information content (AvgIpc) is 2.33. The van der Waals surface area contributed by atoms with Gasteiger partial charge in [-0.1, -0.05) is 6.92 Å². The highest BCUT2D eigenvalue weighted by molar-refractivity contribution is 5.92. The summed E-state index contributed by atoms with van der Waals surface area (Å²) < 4.78 is 0.